The van der Waals surface area contributed by atoms with Gasteiger partial charge < -0.3 is 15.0 Å². The molecule has 0 bridgehead atoms. The Morgan fingerprint density at radius 2 is 2.44 bits per heavy atom. The summed E-state index contributed by atoms with van der Waals surface area (Å²) in [7, 11) is 0. The maximum absolute atomic E-state index is 9.88. The number of β-amino-alcohol motifs (C(OH)–C–C–N with tert-alkyl or cyclic N) is 1. The van der Waals surface area contributed by atoms with Gasteiger partial charge in [-0.25, -0.2) is 4.98 Å². The third-order valence-electron chi connectivity index (χ3n) is 2.92. The number of rotatable bonds is 2. The van der Waals surface area contributed by atoms with Crippen LogP contribution < -0.4 is 5.32 Å². The molecule has 0 aromatic carbocycles. The molecule has 3 rings (SSSR count). The van der Waals surface area contributed by atoms with Gasteiger partial charge in [0.2, 0.25) is 0 Å². The second-order valence-corrected chi connectivity index (χ2v) is 4.88. The number of nitrogens with one attached hydrogen (secondary N) is 1. The van der Waals surface area contributed by atoms with E-state index in [0.717, 1.165) is 17.2 Å². The number of aliphatic hydroxyl groups excluding tert-OH is 1. The van der Waals surface area contributed by atoms with Crippen LogP contribution in [-0.4, -0.2) is 33.9 Å². The number of nitrogens with zero attached hydrogens (tertiary/aromatic N) is 2. The molecule has 4 nitrogen and oxygen atoms in total. The van der Waals surface area contributed by atoms with E-state index in [1.807, 2.05) is 17.6 Å². The van der Waals surface area contributed by atoms with Gasteiger partial charge in [0.05, 0.1) is 17.0 Å². The molecular formula is C11H13N3OS. The zero-order valence-corrected chi connectivity index (χ0v) is 9.52. The maximum atomic E-state index is 9.88. The van der Waals surface area contributed by atoms with Gasteiger partial charge in [-0.15, -0.1) is 11.3 Å². The van der Waals surface area contributed by atoms with Crippen LogP contribution in [0.1, 0.15) is 6.04 Å². The third kappa shape index (κ3) is 1.57. The zero-order valence-electron chi connectivity index (χ0n) is 8.71. The van der Waals surface area contributed by atoms with E-state index in [1.54, 1.807) is 17.5 Å². The first kappa shape index (κ1) is 10.0. The summed E-state index contributed by atoms with van der Waals surface area (Å²) in [5, 5.41) is 15.1. The van der Waals surface area contributed by atoms with Crippen molar-refractivity contribution in [2.24, 2.45) is 0 Å². The van der Waals surface area contributed by atoms with Gasteiger partial charge in [-0.2, -0.15) is 0 Å². The van der Waals surface area contributed by atoms with Gasteiger partial charge in [-0.3, -0.25) is 0 Å². The molecule has 0 radical (unpaired) electrons. The average Bonchev–Trinajstić information content (AvgIpc) is 2.95. The molecule has 2 aromatic heterocycles. The Kier molecular flexibility index (Phi) is 2.51. The first-order chi connectivity index (χ1) is 7.86. The summed E-state index contributed by atoms with van der Waals surface area (Å²) in [5.74, 6) is 0.947. The van der Waals surface area contributed by atoms with Crippen LogP contribution >= 0.6 is 11.3 Å². The van der Waals surface area contributed by atoms with Crippen LogP contribution in [0.15, 0.2) is 29.9 Å². The fourth-order valence-electron chi connectivity index (χ4n) is 2.11. The number of thiophene rings is 1. The Labute approximate surface area is 97.6 Å². The van der Waals surface area contributed by atoms with E-state index < -0.39 is 0 Å². The lowest BCUT2D eigenvalue weighted by molar-refractivity contribution is 0.151. The van der Waals surface area contributed by atoms with Crippen LogP contribution in [0, 0.1) is 0 Å². The Hall–Kier alpha value is -1.17. The highest BCUT2D eigenvalue weighted by Crippen LogP contribution is 2.27. The first-order valence-corrected chi connectivity index (χ1v) is 6.20. The van der Waals surface area contributed by atoms with Crippen molar-refractivity contribution in [2.45, 2.75) is 12.1 Å². The van der Waals surface area contributed by atoms with Crippen molar-refractivity contribution in [3.05, 3.63) is 29.9 Å². The standard InChI is InChI=1S/C11H13N3OS/c15-9-7-12-6-8(9)14-4-3-13-11(14)10-2-1-5-16-10/h1-5,8-9,12,15H,6-7H2. The average molecular weight is 235 g/mol. The second kappa shape index (κ2) is 4.01. The Bertz CT molecular complexity index is 465. The summed E-state index contributed by atoms with van der Waals surface area (Å²) in [6, 6.07) is 4.17. The van der Waals surface area contributed by atoms with Crippen molar-refractivity contribution in [2.75, 3.05) is 13.1 Å². The lowest BCUT2D eigenvalue weighted by atomic mass is 10.2. The van der Waals surface area contributed by atoms with Crippen molar-refractivity contribution in [3.8, 4) is 10.7 Å². The van der Waals surface area contributed by atoms with Crippen molar-refractivity contribution < 1.29 is 5.11 Å². The van der Waals surface area contributed by atoms with E-state index in [2.05, 4.69) is 20.9 Å². The van der Waals surface area contributed by atoms with Gasteiger partial charge in [0, 0.05) is 25.5 Å². The molecule has 1 aliphatic rings. The first-order valence-electron chi connectivity index (χ1n) is 5.32. The molecule has 0 saturated carbocycles. The minimum absolute atomic E-state index is 0.0969. The van der Waals surface area contributed by atoms with Crippen LogP contribution in [0.5, 0.6) is 0 Å². The lowest BCUT2D eigenvalue weighted by Gasteiger charge is -2.17. The van der Waals surface area contributed by atoms with Gasteiger partial charge in [0.25, 0.3) is 0 Å². The largest absolute Gasteiger partial charge is 0.390 e. The van der Waals surface area contributed by atoms with Crippen molar-refractivity contribution in [1.82, 2.24) is 14.9 Å². The zero-order chi connectivity index (χ0) is 11.0. The summed E-state index contributed by atoms with van der Waals surface area (Å²) in [6.07, 6.45) is 3.41. The van der Waals surface area contributed by atoms with Crippen molar-refractivity contribution >= 4 is 11.3 Å². The molecule has 84 valence electrons. The number of aliphatic hydroxyl groups is 1. The quantitative estimate of drug-likeness (QED) is 0.820. The van der Waals surface area contributed by atoms with Gasteiger partial charge in [0.1, 0.15) is 5.82 Å². The molecule has 2 atom stereocenters. The monoisotopic (exact) mass is 235 g/mol. The molecule has 0 spiro atoms. The molecule has 1 saturated heterocycles. The molecule has 2 N–H and O–H groups in total. The normalized spacial score (nSPS) is 25.1. The van der Waals surface area contributed by atoms with E-state index in [9.17, 15) is 5.11 Å². The van der Waals surface area contributed by atoms with Crippen molar-refractivity contribution in [3.63, 3.8) is 0 Å². The molecule has 16 heavy (non-hydrogen) atoms. The predicted octanol–water partition coefficient (Wildman–Crippen LogP) is 1.12. The molecule has 1 aliphatic heterocycles. The van der Waals surface area contributed by atoms with Crippen LogP contribution in [0.4, 0.5) is 0 Å². The second-order valence-electron chi connectivity index (χ2n) is 3.93. The van der Waals surface area contributed by atoms with Crippen LogP contribution in [0.2, 0.25) is 0 Å². The molecule has 1 fully saturated rings. The molecule has 3 heterocycles. The molecule has 2 unspecified atom stereocenters. The van der Waals surface area contributed by atoms with E-state index in [0.29, 0.717) is 6.54 Å². The predicted molar refractivity (Wildman–Crippen MR) is 63.5 cm³/mol. The maximum Gasteiger partial charge on any atom is 0.150 e. The summed E-state index contributed by atoms with van der Waals surface area (Å²) >= 11 is 1.67. The number of aromatic nitrogens is 2. The van der Waals surface area contributed by atoms with E-state index in [-0.39, 0.29) is 12.1 Å². The summed E-state index contributed by atoms with van der Waals surface area (Å²) < 4.78 is 2.07. The topological polar surface area (TPSA) is 50.1 Å². The summed E-state index contributed by atoms with van der Waals surface area (Å²) in [5.41, 5.74) is 0. The van der Waals surface area contributed by atoms with E-state index in [4.69, 9.17) is 0 Å². The molecule has 0 aliphatic carbocycles. The highest BCUT2D eigenvalue weighted by Gasteiger charge is 2.28. The Morgan fingerprint density at radius 3 is 3.12 bits per heavy atom. The Balaban J connectivity index is 1.99. The van der Waals surface area contributed by atoms with Crippen LogP contribution in [0.3, 0.4) is 0 Å². The van der Waals surface area contributed by atoms with Gasteiger partial charge in [-0.05, 0) is 11.4 Å². The fourth-order valence-corrected chi connectivity index (χ4v) is 2.84. The van der Waals surface area contributed by atoms with Crippen LogP contribution in [-0.2, 0) is 0 Å². The Morgan fingerprint density at radius 1 is 1.50 bits per heavy atom. The fraction of sp³-hybridized carbons (Fsp3) is 0.364. The lowest BCUT2D eigenvalue weighted by Crippen LogP contribution is -2.22. The smallest absolute Gasteiger partial charge is 0.150 e. The molecular weight excluding hydrogens is 222 g/mol. The van der Waals surface area contributed by atoms with Crippen molar-refractivity contribution in [1.29, 1.82) is 0 Å². The molecule has 0 amide bonds. The molecule has 2 aromatic rings. The third-order valence-corrected chi connectivity index (χ3v) is 3.78. The van der Waals surface area contributed by atoms with Gasteiger partial charge in [0.15, 0.2) is 0 Å². The summed E-state index contributed by atoms with van der Waals surface area (Å²) in [4.78, 5) is 5.51. The number of hydrogen-bond donors (Lipinski definition) is 2. The minimum Gasteiger partial charge on any atom is -0.390 e. The van der Waals surface area contributed by atoms with E-state index in [1.165, 1.54) is 0 Å². The SMILES string of the molecule is OC1CNCC1n1ccnc1-c1cccs1. The summed E-state index contributed by atoms with van der Waals surface area (Å²) in [6.45, 7) is 1.46. The number of hydrogen-bond acceptors (Lipinski definition) is 4. The van der Waals surface area contributed by atoms with Gasteiger partial charge in [-0.1, -0.05) is 6.07 Å². The highest BCUT2D eigenvalue weighted by molar-refractivity contribution is 7.13. The van der Waals surface area contributed by atoms with Gasteiger partial charge >= 0.3 is 0 Å². The van der Waals surface area contributed by atoms with E-state index >= 15 is 0 Å². The van der Waals surface area contributed by atoms with Crippen LogP contribution in [0.25, 0.3) is 10.7 Å². The highest BCUT2D eigenvalue weighted by atomic mass is 32.1. The minimum atomic E-state index is -0.326. The molecule has 5 heteroatoms. The number of imidazole rings is 1.